The summed E-state index contributed by atoms with van der Waals surface area (Å²) in [6, 6.07) is 9.03. The summed E-state index contributed by atoms with van der Waals surface area (Å²) >= 11 is 0. The van der Waals surface area contributed by atoms with E-state index in [9.17, 15) is 0 Å². The summed E-state index contributed by atoms with van der Waals surface area (Å²) < 4.78 is 11.2. The fraction of sp³-hybridized carbons (Fsp3) is 0.682. The largest absolute Gasteiger partial charge is 0.494 e. The smallest absolute Gasteiger partial charge is 0.193 e. The Hall–Kier alpha value is -1.06. The number of nitrogens with zero attached hydrogens (tertiary/aromatic N) is 3. The van der Waals surface area contributed by atoms with Crippen LogP contribution in [0.4, 0.5) is 0 Å². The third kappa shape index (κ3) is 7.61. The zero-order chi connectivity index (χ0) is 19.6. The van der Waals surface area contributed by atoms with Gasteiger partial charge in [0.25, 0.3) is 0 Å². The molecule has 0 bridgehead atoms. The number of hydrogen-bond donors (Lipinski definition) is 1. The van der Waals surface area contributed by atoms with Crippen molar-refractivity contribution >= 4 is 29.9 Å². The van der Waals surface area contributed by atoms with Gasteiger partial charge in [-0.2, -0.15) is 0 Å². The molecule has 0 aromatic heterocycles. The molecule has 1 unspecified atom stereocenters. The van der Waals surface area contributed by atoms with Gasteiger partial charge in [-0.3, -0.25) is 9.89 Å². The van der Waals surface area contributed by atoms with Crippen LogP contribution in [0, 0.1) is 0 Å². The standard InChI is InChI=1S/C22H36N4O2.HI/c1-3-14-28-21-7-5-6-19(17-21)8-10-24-22(23-4-2)26-11-9-20(18-26)25-12-15-27-16-13-25;/h5-7,17,20H,3-4,8-16,18H2,1-2H3,(H,23,24);1H. The molecule has 0 aliphatic carbocycles. The zero-order valence-electron chi connectivity index (χ0n) is 17.9. The summed E-state index contributed by atoms with van der Waals surface area (Å²) in [7, 11) is 0. The number of rotatable bonds is 8. The lowest BCUT2D eigenvalue weighted by atomic mass is 10.1. The number of hydrogen-bond acceptors (Lipinski definition) is 4. The molecule has 7 heteroatoms. The zero-order valence-corrected chi connectivity index (χ0v) is 20.3. The molecular formula is C22H37IN4O2. The van der Waals surface area contributed by atoms with Crippen LogP contribution >= 0.6 is 24.0 Å². The van der Waals surface area contributed by atoms with Crippen molar-refractivity contribution in [2.24, 2.45) is 4.99 Å². The van der Waals surface area contributed by atoms with Gasteiger partial charge in [-0.15, -0.1) is 24.0 Å². The summed E-state index contributed by atoms with van der Waals surface area (Å²) in [5, 5.41) is 3.48. The van der Waals surface area contributed by atoms with Gasteiger partial charge < -0.3 is 19.7 Å². The number of ether oxygens (including phenoxy) is 2. The van der Waals surface area contributed by atoms with Crippen molar-refractivity contribution in [3.63, 3.8) is 0 Å². The van der Waals surface area contributed by atoms with Gasteiger partial charge >= 0.3 is 0 Å². The van der Waals surface area contributed by atoms with Crippen LogP contribution in [0.15, 0.2) is 29.3 Å². The van der Waals surface area contributed by atoms with E-state index in [-0.39, 0.29) is 24.0 Å². The highest BCUT2D eigenvalue weighted by atomic mass is 127. The lowest BCUT2D eigenvalue weighted by molar-refractivity contribution is 0.0195. The first kappa shape index (κ1) is 24.2. The molecule has 2 aliphatic rings. The Morgan fingerprint density at radius 1 is 1.24 bits per heavy atom. The van der Waals surface area contributed by atoms with E-state index in [4.69, 9.17) is 14.5 Å². The maximum Gasteiger partial charge on any atom is 0.193 e. The minimum absolute atomic E-state index is 0. The number of halogens is 1. The Morgan fingerprint density at radius 2 is 2.07 bits per heavy atom. The summed E-state index contributed by atoms with van der Waals surface area (Å²) in [5.74, 6) is 2.01. The third-order valence-electron chi connectivity index (χ3n) is 5.39. The summed E-state index contributed by atoms with van der Waals surface area (Å²) in [6.07, 6.45) is 3.17. The van der Waals surface area contributed by atoms with Gasteiger partial charge in [0.2, 0.25) is 0 Å². The predicted molar refractivity (Wildman–Crippen MR) is 130 cm³/mol. The molecule has 3 rings (SSSR count). The first-order valence-electron chi connectivity index (χ1n) is 10.9. The second kappa shape index (κ2) is 13.3. The van der Waals surface area contributed by atoms with Gasteiger partial charge in [-0.05, 0) is 43.9 Å². The fourth-order valence-corrected chi connectivity index (χ4v) is 3.90. The van der Waals surface area contributed by atoms with Crippen molar-refractivity contribution in [3.05, 3.63) is 29.8 Å². The second-order valence-electron chi connectivity index (χ2n) is 7.52. The maximum absolute atomic E-state index is 5.74. The molecule has 0 amide bonds. The van der Waals surface area contributed by atoms with Crippen molar-refractivity contribution in [3.8, 4) is 5.75 Å². The van der Waals surface area contributed by atoms with E-state index < -0.39 is 0 Å². The van der Waals surface area contributed by atoms with Crippen molar-refractivity contribution in [2.45, 2.75) is 39.2 Å². The predicted octanol–water partition coefficient (Wildman–Crippen LogP) is 3.01. The van der Waals surface area contributed by atoms with Crippen molar-refractivity contribution in [2.75, 3.05) is 59.1 Å². The number of morpholine rings is 1. The number of likely N-dealkylation sites (tertiary alicyclic amines) is 1. The van der Waals surface area contributed by atoms with Crippen LogP contribution in [0.25, 0.3) is 0 Å². The van der Waals surface area contributed by atoms with Gasteiger partial charge in [0, 0.05) is 45.3 Å². The van der Waals surface area contributed by atoms with Crippen molar-refractivity contribution < 1.29 is 9.47 Å². The van der Waals surface area contributed by atoms with Crippen LogP contribution in [0.1, 0.15) is 32.3 Å². The molecule has 0 saturated carbocycles. The van der Waals surface area contributed by atoms with E-state index in [1.165, 1.54) is 12.0 Å². The summed E-state index contributed by atoms with van der Waals surface area (Å²) in [4.78, 5) is 9.91. The molecule has 164 valence electrons. The summed E-state index contributed by atoms with van der Waals surface area (Å²) in [6.45, 7) is 12.7. The average molecular weight is 516 g/mol. The van der Waals surface area contributed by atoms with Gasteiger partial charge in [0.05, 0.1) is 19.8 Å². The Labute approximate surface area is 193 Å². The van der Waals surface area contributed by atoms with Crippen molar-refractivity contribution in [1.82, 2.24) is 15.1 Å². The highest BCUT2D eigenvalue weighted by molar-refractivity contribution is 14.0. The Morgan fingerprint density at radius 3 is 2.83 bits per heavy atom. The topological polar surface area (TPSA) is 49.3 Å². The Balaban J connectivity index is 0.00000300. The normalized spacial score (nSPS) is 20.4. The van der Waals surface area contributed by atoms with Gasteiger partial charge in [-0.25, -0.2) is 0 Å². The van der Waals surface area contributed by atoms with Crippen LogP contribution in [-0.4, -0.2) is 80.9 Å². The van der Waals surface area contributed by atoms with Crippen LogP contribution in [0.5, 0.6) is 5.75 Å². The number of guanidine groups is 1. The Bertz CT molecular complexity index is 623. The minimum Gasteiger partial charge on any atom is -0.494 e. The molecule has 1 atom stereocenters. The molecule has 6 nitrogen and oxygen atoms in total. The first-order chi connectivity index (χ1) is 13.8. The molecule has 2 aliphatic heterocycles. The van der Waals surface area contributed by atoms with E-state index in [0.717, 1.165) is 83.6 Å². The monoisotopic (exact) mass is 516 g/mol. The molecule has 0 radical (unpaired) electrons. The van der Waals surface area contributed by atoms with Crippen LogP contribution in [0.3, 0.4) is 0 Å². The third-order valence-corrected chi connectivity index (χ3v) is 5.39. The van der Waals surface area contributed by atoms with Crippen LogP contribution in [0.2, 0.25) is 0 Å². The SMILES string of the molecule is CCCOc1cccc(CCN=C(NCC)N2CCC(N3CCOCC3)C2)c1.I. The molecule has 0 spiro atoms. The van der Waals surface area contributed by atoms with E-state index in [0.29, 0.717) is 6.04 Å². The minimum atomic E-state index is 0. The van der Waals surface area contributed by atoms with Gasteiger partial charge in [0.15, 0.2) is 5.96 Å². The van der Waals surface area contributed by atoms with Crippen LogP contribution < -0.4 is 10.1 Å². The highest BCUT2D eigenvalue weighted by Gasteiger charge is 2.30. The maximum atomic E-state index is 5.74. The quantitative estimate of drug-likeness (QED) is 0.327. The molecule has 1 aromatic rings. The number of aliphatic imine (C=N–C) groups is 1. The fourth-order valence-electron chi connectivity index (χ4n) is 3.90. The average Bonchev–Trinajstić information content (AvgIpc) is 3.23. The second-order valence-corrected chi connectivity index (χ2v) is 7.52. The number of nitrogens with one attached hydrogen (secondary N) is 1. The first-order valence-corrected chi connectivity index (χ1v) is 10.9. The highest BCUT2D eigenvalue weighted by Crippen LogP contribution is 2.17. The van der Waals surface area contributed by atoms with Gasteiger partial charge in [0.1, 0.15) is 5.75 Å². The lowest BCUT2D eigenvalue weighted by Crippen LogP contribution is -2.46. The van der Waals surface area contributed by atoms with E-state index in [1.807, 2.05) is 6.07 Å². The molecular weight excluding hydrogens is 479 g/mol. The van der Waals surface area contributed by atoms with Crippen molar-refractivity contribution in [1.29, 1.82) is 0 Å². The Kier molecular flexibility index (Phi) is 11.1. The van der Waals surface area contributed by atoms with E-state index >= 15 is 0 Å². The van der Waals surface area contributed by atoms with Crippen LogP contribution in [-0.2, 0) is 11.2 Å². The molecule has 2 saturated heterocycles. The molecule has 2 heterocycles. The molecule has 2 fully saturated rings. The lowest BCUT2D eigenvalue weighted by Gasteiger charge is -2.32. The number of benzene rings is 1. The molecule has 1 N–H and O–H groups in total. The summed E-state index contributed by atoms with van der Waals surface area (Å²) in [5.41, 5.74) is 1.28. The van der Waals surface area contributed by atoms with E-state index in [2.05, 4.69) is 47.2 Å². The van der Waals surface area contributed by atoms with E-state index in [1.54, 1.807) is 0 Å². The molecule has 1 aromatic carbocycles. The molecule has 29 heavy (non-hydrogen) atoms. The van der Waals surface area contributed by atoms with Gasteiger partial charge in [-0.1, -0.05) is 19.1 Å².